The fourth-order valence-electron chi connectivity index (χ4n) is 5.20. The van der Waals surface area contributed by atoms with Gasteiger partial charge in [0.05, 0.1) is 21.5 Å². The molecule has 1 fully saturated rings. The Kier molecular flexibility index (Phi) is 7.46. The molecule has 6 rings (SSSR count). The summed E-state index contributed by atoms with van der Waals surface area (Å²) in [6.07, 6.45) is 0. The number of thiazole rings is 1. The lowest BCUT2D eigenvalue weighted by Gasteiger charge is -2.30. The molecule has 4 N–H and O–H groups in total. The number of aryl methyl sites for hydroxylation is 1. The number of rotatable bonds is 7. The number of aromatic amines is 1. The highest BCUT2D eigenvalue weighted by Gasteiger charge is 2.56. The number of benzene rings is 3. The molecule has 220 valence electrons. The van der Waals surface area contributed by atoms with E-state index >= 15 is 0 Å². The number of primary sulfonamides is 1. The van der Waals surface area contributed by atoms with E-state index in [4.69, 9.17) is 9.88 Å². The van der Waals surface area contributed by atoms with Gasteiger partial charge in [-0.2, -0.15) is 0 Å². The molecule has 11 nitrogen and oxygen atoms in total. The van der Waals surface area contributed by atoms with Crippen molar-refractivity contribution in [2.24, 2.45) is 11.1 Å². The number of imide groups is 1. The number of ether oxygens (including phenoxy) is 1. The molecule has 1 saturated heterocycles. The van der Waals surface area contributed by atoms with Gasteiger partial charge in [-0.05, 0) is 61.0 Å². The van der Waals surface area contributed by atoms with E-state index in [1.54, 1.807) is 36.4 Å². The molecule has 43 heavy (non-hydrogen) atoms. The first-order valence-corrected chi connectivity index (χ1v) is 16.2. The first-order chi connectivity index (χ1) is 20.5. The van der Waals surface area contributed by atoms with Crippen LogP contribution in [0.2, 0.25) is 0 Å². The van der Waals surface area contributed by atoms with Gasteiger partial charge in [0.1, 0.15) is 11.0 Å². The number of H-pyrrole nitrogens is 1. The summed E-state index contributed by atoms with van der Waals surface area (Å²) in [5.41, 5.74) is 2.51. The van der Waals surface area contributed by atoms with E-state index in [-0.39, 0.29) is 28.2 Å². The normalized spacial score (nSPS) is 19.6. The predicted octanol–water partition coefficient (Wildman–Crippen LogP) is 3.21. The molecule has 0 aliphatic carbocycles. The number of carbonyl (C=O) groups excluding carboxylic acids is 3. The predicted molar refractivity (Wildman–Crippen MR) is 162 cm³/mol. The van der Waals surface area contributed by atoms with Crippen LogP contribution in [-0.2, 0) is 24.4 Å². The van der Waals surface area contributed by atoms with Crippen molar-refractivity contribution < 1.29 is 27.5 Å². The molecular weight excluding hydrogens is 613 g/mol. The topological polar surface area (TPSA) is 169 Å². The summed E-state index contributed by atoms with van der Waals surface area (Å²) in [4.78, 5) is 56.7. The lowest BCUT2D eigenvalue weighted by atomic mass is 9.83. The molecule has 14 heteroatoms. The smallest absolute Gasteiger partial charge is 0.305 e. The summed E-state index contributed by atoms with van der Waals surface area (Å²) in [6.45, 7) is 1.57. The third-order valence-corrected chi connectivity index (χ3v) is 10.5. The minimum Gasteiger partial charge on any atom is -0.484 e. The van der Waals surface area contributed by atoms with E-state index in [0.717, 1.165) is 16.9 Å². The number of nitrogens with zero attached hydrogens (tertiary/aromatic N) is 1. The van der Waals surface area contributed by atoms with E-state index in [2.05, 4.69) is 10.3 Å². The highest BCUT2D eigenvalue weighted by atomic mass is 32.2. The zero-order chi connectivity index (χ0) is 30.5. The van der Waals surface area contributed by atoms with Crippen LogP contribution in [-0.4, -0.2) is 43.0 Å². The molecule has 3 atom stereocenters. The van der Waals surface area contributed by atoms with Crippen molar-refractivity contribution in [2.45, 2.75) is 28.0 Å². The van der Waals surface area contributed by atoms with E-state index < -0.39 is 33.0 Å². The van der Waals surface area contributed by atoms with Gasteiger partial charge in [-0.25, -0.2) is 18.5 Å². The maximum Gasteiger partial charge on any atom is 0.305 e. The number of amides is 3. The molecule has 0 bridgehead atoms. The Hall–Kier alpha value is -4.24. The Morgan fingerprint density at radius 3 is 2.44 bits per heavy atom. The van der Waals surface area contributed by atoms with E-state index in [1.165, 1.54) is 40.9 Å². The largest absolute Gasteiger partial charge is 0.484 e. The zero-order valence-corrected chi connectivity index (χ0v) is 24.9. The molecule has 3 aromatic carbocycles. The standard InChI is InChI=1S/C29H24N4O7S3/c1-15-5-9-18(10-6-15)33-27(35)23-22(24-26(32-29(37)42-24)41-25(23)28(33)36)16-3-2-4-19(13-16)40-14-21(34)31-17-7-11-20(12-8-17)43(30,38)39/h2-13,22-23,25H,14H2,1H3,(H,31,34)(H,32,37)(H2,30,38,39)/t22-,23-,25+/m0/s1. The monoisotopic (exact) mass is 636 g/mol. The number of hydrogen-bond donors (Lipinski definition) is 3. The minimum atomic E-state index is -3.86. The number of nitrogens with one attached hydrogen (secondary N) is 2. The van der Waals surface area contributed by atoms with E-state index in [0.29, 0.717) is 32.6 Å². The molecule has 3 amide bonds. The van der Waals surface area contributed by atoms with Crippen molar-refractivity contribution in [2.75, 3.05) is 16.8 Å². The van der Waals surface area contributed by atoms with Crippen LogP contribution in [0.4, 0.5) is 11.4 Å². The number of thioether (sulfide) groups is 1. The van der Waals surface area contributed by atoms with Gasteiger partial charge >= 0.3 is 4.87 Å². The number of anilines is 2. The second kappa shape index (κ2) is 11.1. The lowest BCUT2D eigenvalue weighted by Crippen LogP contribution is -2.32. The summed E-state index contributed by atoms with van der Waals surface area (Å²) < 4.78 is 28.6. The van der Waals surface area contributed by atoms with Gasteiger partial charge in [-0.3, -0.25) is 19.2 Å². The summed E-state index contributed by atoms with van der Waals surface area (Å²) in [5.74, 6) is -2.17. The SMILES string of the molecule is Cc1ccc(N2C(=O)[C@H]3[C@H](c4cccc(OCC(=O)Nc5ccc(S(N)(=O)=O)cc5)c4)c4sc(=O)[nH]c4S[C@H]3C2=O)cc1. The van der Waals surface area contributed by atoms with Crippen molar-refractivity contribution in [3.63, 3.8) is 0 Å². The Balaban J connectivity index is 1.24. The van der Waals surface area contributed by atoms with Gasteiger partial charge < -0.3 is 15.0 Å². The van der Waals surface area contributed by atoms with Crippen LogP contribution in [0, 0.1) is 12.8 Å². The highest BCUT2D eigenvalue weighted by Crippen LogP contribution is 2.53. The van der Waals surface area contributed by atoms with Crippen LogP contribution in [0.25, 0.3) is 0 Å². The van der Waals surface area contributed by atoms with Crippen LogP contribution < -0.4 is 25.0 Å². The number of carbonyl (C=O) groups is 3. The Morgan fingerprint density at radius 1 is 1.02 bits per heavy atom. The first kappa shape index (κ1) is 28.9. The summed E-state index contributed by atoms with van der Waals surface area (Å²) in [6, 6.07) is 19.4. The molecule has 4 aromatic rings. The molecule has 2 aliphatic heterocycles. The van der Waals surface area contributed by atoms with Crippen molar-refractivity contribution in [1.29, 1.82) is 0 Å². The summed E-state index contributed by atoms with van der Waals surface area (Å²) >= 11 is 2.21. The molecule has 0 saturated carbocycles. The van der Waals surface area contributed by atoms with Crippen LogP contribution in [0.15, 0.2) is 87.5 Å². The molecule has 3 heterocycles. The molecule has 1 aromatic heterocycles. The van der Waals surface area contributed by atoms with Crippen LogP contribution >= 0.6 is 23.1 Å². The average Bonchev–Trinajstić information content (AvgIpc) is 3.46. The van der Waals surface area contributed by atoms with E-state index in [9.17, 15) is 27.6 Å². The molecular formula is C29H24N4O7S3. The number of aromatic nitrogens is 1. The maximum absolute atomic E-state index is 13.9. The van der Waals surface area contributed by atoms with Crippen molar-refractivity contribution >= 4 is 62.2 Å². The lowest BCUT2D eigenvalue weighted by molar-refractivity contribution is -0.122. The van der Waals surface area contributed by atoms with Gasteiger partial charge in [0.25, 0.3) is 5.91 Å². The van der Waals surface area contributed by atoms with Gasteiger partial charge in [0, 0.05) is 16.5 Å². The fourth-order valence-corrected chi connectivity index (χ4v) is 8.23. The molecule has 0 spiro atoms. The third kappa shape index (κ3) is 5.61. The minimum absolute atomic E-state index is 0.0815. The Morgan fingerprint density at radius 2 is 1.74 bits per heavy atom. The Bertz CT molecular complexity index is 1920. The van der Waals surface area contributed by atoms with Crippen molar-refractivity contribution in [3.8, 4) is 5.75 Å². The second-order valence-electron chi connectivity index (χ2n) is 10.1. The van der Waals surface area contributed by atoms with Crippen LogP contribution in [0.1, 0.15) is 21.9 Å². The third-order valence-electron chi connectivity index (χ3n) is 7.17. The fraction of sp³-hybridized carbons (Fsp3) is 0.172. The summed E-state index contributed by atoms with van der Waals surface area (Å²) in [5, 5.41) is 7.56. The highest BCUT2D eigenvalue weighted by molar-refractivity contribution is 8.00. The Labute approximate surface area is 254 Å². The number of nitrogens with two attached hydrogens (primary N) is 1. The van der Waals surface area contributed by atoms with Gasteiger partial charge in [0.2, 0.25) is 21.8 Å². The van der Waals surface area contributed by atoms with Crippen molar-refractivity contribution in [3.05, 3.63) is 98.5 Å². The molecule has 2 aliphatic rings. The van der Waals surface area contributed by atoms with Gasteiger partial charge in [-0.1, -0.05) is 52.9 Å². The molecule has 0 unspecified atom stereocenters. The van der Waals surface area contributed by atoms with Gasteiger partial charge in [-0.15, -0.1) is 0 Å². The number of sulfonamides is 1. The number of fused-ring (bicyclic) bond motifs is 2. The summed E-state index contributed by atoms with van der Waals surface area (Å²) in [7, 11) is -3.86. The first-order valence-electron chi connectivity index (χ1n) is 13.0. The van der Waals surface area contributed by atoms with Crippen molar-refractivity contribution in [1.82, 2.24) is 4.98 Å². The van der Waals surface area contributed by atoms with Crippen LogP contribution in [0.3, 0.4) is 0 Å². The average molecular weight is 637 g/mol. The number of hydrogen-bond acceptors (Lipinski definition) is 9. The quantitative estimate of drug-likeness (QED) is 0.260. The zero-order valence-electron chi connectivity index (χ0n) is 22.5. The second-order valence-corrected chi connectivity index (χ2v) is 13.8. The van der Waals surface area contributed by atoms with Crippen LogP contribution in [0.5, 0.6) is 5.75 Å². The van der Waals surface area contributed by atoms with E-state index in [1.807, 2.05) is 19.1 Å². The molecule has 0 radical (unpaired) electrons. The van der Waals surface area contributed by atoms with Gasteiger partial charge in [0.15, 0.2) is 6.61 Å². The maximum atomic E-state index is 13.9.